The van der Waals surface area contributed by atoms with Gasteiger partial charge in [-0.15, -0.1) is 0 Å². The number of hydrogen-bond donors (Lipinski definition) is 2. The largest absolute Gasteiger partial charge is 0.433 e. The van der Waals surface area contributed by atoms with E-state index in [9.17, 15) is 26.8 Å². The Hall–Kier alpha value is -4.12. The number of hydrogen-bond acceptors (Lipinski definition) is 6. The Kier molecular flexibility index (Phi) is 8.10. The number of rotatable bonds is 9. The van der Waals surface area contributed by atoms with Crippen LogP contribution in [0.2, 0.25) is 0 Å². The third kappa shape index (κ3) is 7.05. The molecule has 39 heavy (non-hydrogen) atoms. The van der Waals surface area contributed by atoms with Gasteiger partial charge in [0.1, 0.15) is 11.5 Å². The molecule has 2 N–H and O–H groups in total. The molecule has 0 fully saturated rings. The molecule has 0 unspecified atom stereocenters. The van der Waals surface area contributed by atoms with Crippen LogP contribution in [0.5, 0.6) is 5.75 Å². The van der Waals surface area contributed by atoms with Crippen LogP contribution in [0.25, 0.3) is 16.7 Å². The third-order valence-electron chi connectivity index (χ3n) is 6.31. The van der Waals surface area contributed by atoms with E-state index in [4.69, 9.17) is 0 Å². The first-order chi connectivity index (χ1) is 18.4. The zero-order chi connectivity index (χ0) is 28.2. The first-order valence-corrected chi connectivity index (χ1v) is 14.1. The van der Waals surface area contributed by atoms with Crippen LogP contribution in [0.4, 0.5) is 8.78 Å². The number of benzene rings is 2. The van der Waals surface area contributed by atoms with Crippen LogP contribution in [0.1, 0.15) is 24.6 Å². The fourth-order valence-corrected chi connectivity index (χ4v) is 5.02. The van der Waals surface area contributed by atoms with Gasteiger partial charge in [0.05, 0.1) is 17.4 Å². The molecule has 2 aromatic carbocycles. The number of alkyl halides is 2. The maximum atomic E-state index is 13.4. The third-order valence-corrected chi connectivity index (χ3v) is 7.10. The zero-order valence-corrected chi connectivity index (χ0v) is 22.1. The normalized spacial score (nSPS) is 17.6. The minimum atomic E-state index is -3.56. The quantitative estimate of drug-likeness (QED) is 0.416. The maximum Gasteiger partial charge on any atom is 0.387 e. The fraction of sp³-hybridized carbons (Fsp3) is 0.250. The van der Waals surface area contributed by atoms with Gasteiger partial charge in [0.15, 0.2) is 9.84 Å². The Labute approximate surface area is 225 Å². The molecule has 1 aliphatic rings. The van der Waals surface area contributed by atoms with Crippen LogP contribution >= 0.6 is 0 Å². The van der Waals surface area contributed by atoms with Crippen LogP contribution in [0.3, 0.4) is 0 Å². The number of pyridine rings is 1. The highest BCUT2D eigenvalue weighted by molar-refractivity contribution is 7.91. The van der Waals surface area contributed by atoms with Gasteiger partial charge >= 0.3 is 6.61 Å². The summed E-state index contributed by atoms with van der Waals surface area (Å²) < 4.78 is 52.6. The van der Waals surface area contributed by atoms with Crippen molar-refractivity contribution in [2.75, 3.05) is 18.6 Å². The van der Waals surface area contributed by atoms with E-state index in [0.717, 1.165) is 29.1 Å². The van der Waals surface area contributed by atoms with Crippen molar-refractivity contribution in [1.29, 1.82) is 0 Å². The maximum absolute atomic E-state index is 13.4. The lowest BCUT2D eigenvalue weighted by atomic mass is 9.79. The summed E-state index contributed by atoms with van der Waals surface area (Å²) in [5.74, 6) is -2.09. The highest BCUT2D eigenvalue weighted by Crippen LogP contribution is 2.38. The van der Waals surface area contributed by atoms with E-state index in [1.165, 1.54) is 12.1 Å². The molecule has 0 saturated carbocycles. The molecule has 0 radical (unpaired) electrons. The SMILES string of the molecule is C[C@@]1(c2ccc(-c3ccccc3)cc2)CC(c2ccc(OC(F)F)cn2)=C(CNC(=O)CS(C)(=O)=O)C(=O)N1. The van der Waals surface area contributed by atoms with E-state index in [0.29, 0.717) is 11.3 Å². The Morgan fingerprint density at radius 1 is 1.08 bits per heavy atom. The molecule has 2 amide bonds. The Morgan fingerprint density at radius 3 is 2.33 bits per heavy atom. The molecule has 0 saturated heterocycles. The lowest BCUT2D eigenvalue weighted by molar-refractivity contribution is -0.120. The van der Waals surface area contributed by atoms with Crippen molar-refractivity contribution in [3.8, 4) is 16.9 Å². The number of carbonyl (C=O) groups is 2. The lowest BCUT2D eigenvalue weighted by Gasteiger charge is -2.37. The second-order valence-corrected chi connectivity index (χ2v) is 11.6. The molecule has 204 valence electrons. The number of ether oxygens (including phenoxy) is 1. The van der Waals surface area contributed by atoms with Crippen LogP contribution in [-0.2, 0) is 25.0 Å². The summed E-state index contributed by atoms with van der Waals surface area (Å²) in [6.45, 7) is -1.40. The summed E-state index contributed by atoms with van der Waals surface area (Å²) in [5.41, 5.74) is 3.02. The minimum absolute atomic E-state index is 0.142. The van der Waals surface area contributed by atoms with Crippen LogP contribution in [-0.4, -0.2) is 50.4 Å². The first kappa shape index (κ1) is 27.9. The van der Waals surface area contributed by atoms with Gasteiger partial charge in [-0.3, -0.25) is 14.6 Å². The second-order valence-electron chi connectivity index (χ2n) is 9.47. The number of halogens is 2. The molecule has 1 aromatic heterocycles. The van der Waals surface area contributed by atoms with Crippen LogP contribution in [0.15, 0.2) is 78.5 Å². The van der Waals surface area contributed by atoms with Crippen molar-refractivity contribution in [2.24, 2.45) is 0 Å². The number of aromatic nitrogens is 1. The molecule has 1 atom stereocenters. The molecule has 1 aliphatic heterocycles. The van der Waals surface area contributed by atoms with E-state index in [1.807, 2.05) is 61.5 Å². The Morgan fingerprint density at radius 2 is 1.74 bits per heavy atom. The van der Waals surface area contributed by atoms with Crippen LogP contribution in [0, 0.1) is 0 Å². The van der Waals surface area contributed by atoms with Crippen LogP contribution < -0.4 is 15.4 Å². The molecule has 0 aliphatic carbocycles. The number of carbonyl (C=O) groups excluding carboxylic acids is 2. The van der Waals surface area contributed by atoms with Crippen molar-refractivity contribution in [2.45, 2.75) is 25.5 Å². The smallest absolute Gasteiger partial charge is 0.387 e. The zero-order valence-electron chi connectivity index (χ0n) is 21.3. The summed E-state index contributed by atoms with van der Waals surface area (Å²) in [6, 6.07) is 20.4. The summed E-state index contributed by atoms with van der Waals surface area (Å²) in [4.78, 5) is 29.8. The van der Waals surface area contributed by atoms with Crippen molar-refractivity contribution < 1.29 is 31.5 Å². The average molecular weight is 556 g/mol. The summed E-state index contributed by atoms with van der Waals surface area (Å²) in [6.07, 6.45) is 2.33. The molecular weight excluding hydrogens is 528 g/mol. The van der Waals surface area contributed by atoms with Crippen molar-refractivity contribution >= 4 is 27.2 Å². The summed E-state index contributed by atoms with van der Waals surface area (Å²) in [7, 11) is -3.56. The van der Waals surface area contributed by atoms with Gasteiger partial charge in [-0.05, 0) is 41.3 Å². The van der Waals surface area contributed by atoms with Gasteiger partial charge < -0.3 is 15.4 Å². The van der Waals surface area contributed by atoms with Gasteiger partial charge in [-0.1, -0.05) is 54.6 Å². The monoisotopic (exact) mass is 555 g/mol. The van der Waals surface area contributed by atoms with Gasteiger partial charge in [-0.2, -0.15) is 8.78 Å². The predicted molar refractivity (Wildman–Crippen MR) is 142 cm³/mol. The number of nitrogens with one attached hydrogen (secondary N) is 2. The number of amides is 2. The van der Waals surface area contributed by atoms with Gasteiger partial charge in [0.2, 0.25) is 11.8 Å². The van der Waals surface area contributed by atoms with Crippen molar-refractivity contribution in [3.63, 3.8) is 0 Å². The molecule has 4 rings (SSSR count). The topological polar surface area (TPSA) is 114 Å². The first-order valence-electron chi connectivity index (χ1n) is 12.0. The highest BCUT2D eigenvalue weighted by atomic mass is 32.2. The fourth-order valence-electron chi connectivity index (χ4n) is 4.44. The molecular formula is C28H27F2N3O5S. The van der Waals surface area contributed by atoms with E-state index in [2.05, 4.69) is 20.4 Å². The second kappa shape index (κ2) is 11.3. The average Bonchev–Trinajstić information content (AvgIpc) is 2.87. The molecule has 3 aromatic rings. The van der Waals surface area contributed by atoms with E-state index >= 15 is 0 Å². The Bertz CT molecular complexity index is 1490. The molecule has 0 bridgehead atoms. The van der Waals surface area contributed by atoms with Gasteiger partial charge in [-0.25, -0.2) is 8.42 Å². The van der Waals surface area contributed by atoms with Gasteiger partial charge in [0.25, 0.3) is 0 Å². The number of nitrogens with zero attached hydrogens (tertiary/aromatic N) is 1. The highest BCUT2D eigenvalue weighted by Gasteiger charge is 2.38. The summed E-state index contributed by atoms with van der Waals surface area (Å²) >= 11 is 0. The molecule has 8 nitrogen and oxygen atoms in total. The van der Waals surface area contributed by atoms with E-state index in [-0.39, 0.29) is 24.3 Å². The van der Waals surface area contributed by atoms with E-state index in [1.54, 1.807) is 0 Å². The number of sulfone groups is 1. The standard InChI is InChI=1S/C28H27F2N3O5S/c1-28(20-10-8-19(9-11-20)18-6-4-3-5-7-18)14-22(24-13-12-21(15-31-24)38-27(29)30)23(26(35)33-28)16-32-25(34)17-39(2,36)37/h3-13,15,27H,14,16-17H2,1-2H3,(H,32,34)(H,33,35)/t28-/m0/s1. The lowest BCUT2D eigenvalue weighted by Crippen LogP contribution is -2.49. The van der Waals surface area contributed by atoms with Gasteiger partial charge in [0, 0.05) is 24.8 Å². The summed E-state index contributed by atoms with van der Waals surface area (Å²) in [5, 5.41) is 5.49. The van der Waals surface area contributed by atoms with Crippen molar-refractivity contribution in [1.82, 2.24) is 15.6 Å². The van der Waals surface area contributed by atoms with E-state index < -0.39 is 39.6 Å². The molecule has 2 heterocycles. The molecule has 0 spiro atoms. The Balaban J connectivity index is 1.67. The molecule has 11 heteroatoms. The predicted octanol–water partition coefficient (Wildman–Crippen LogP) is 3.70. The minimum Gasteiger partial charge on any atom is -0.433 e. The van der Waals surface area contributed by atoms with Crippen molar-refractivity contribution in [3.05, 3.63) is 89.8 Å².